The maximum absolute atomic E-state index is 13.1. The van der Waals surface area contributed by atoms with Gasteiger partial charge in [0.15, 0.2) is 0 Å². The first kappa shape index (κ1) is 20.0. The smallest absolute Gasteiger partial charge is 0.310 e. The summed E-state index contributed by atoms with van der Waals surface area (Å²) in [6, 6.07) is 0. The summed E-state index contributed by atoms with van der Waals surface area (Å²) in [5, 5.41) is 0. The molecule has 3 aliphatic carbocycles. The van der Waals surface area contributed by atoms with Crippen molar-refractivity contribution in [3.8, 4) is 0 Å². The van der Waals surface area contributed by atoms with E-state index in [0.29, 0.717) is 0 Å². The Hall–Kier alpha value is -2.78. The minimum atomic E-state index is -1.17. The molecule has 0 amide bonds. The predicted octanol–water partition coefficient (Wildman–Crippen LogP) is -1.21. The number of hydrogen-bond donors (Lipinski definition) is 0. The van der Waals surface area contributed by atoms with Crippen LogP contribution in [0.3, 0.4) is 0 Å². The molecule has 0 saturated heterocycles. The predicted molar refractivity (Wildman–Crippen MR) is 86.0 cm³/mol. The lowest BCUT2D eigenvalue weighted by Gasteiger charge is -2.59. The number of rotatable bonds is 4. The molecule has 0 spiro atoms. The van der Waals surface area contributed by atoms with E-state index in [4.69, 9.17) is 0 Å². The Morgan fingerprint density at radius 2 is 0.679 bits per heavy atom. The number of esters is 4. The molecule has 0 aliphatic heterocycles. The van der Waals surface area contributed by atoms with Crippen molar-refractivity contribution in [2.24, 2.45) is 47.3 Å². The SMILES string of the molecule is COC(=O)[C@@H]1[C@@H](C(=O)OC)[C@@H]2C(=O)[C@H]3[C@H](C(=O)OC)[C@H](C(=O)OC)[C@@H]3C(=O)[C@H]12. The van der Waals surface area contributed by atoms with Crippen LogP contribution in [0.4, 0.5) is 0 Å². The lowest BCUT2D eigenvalue weighted by Crippen LogP contribution is -2.73. The van der Waals surface area contributed by atoms with Crippen LogP contribution in [0.15, 0.2) is 0 Å². The summed E-state index contributed by atoms with van der Waals surface area (Å²) in [4.78, 5) is 74.9. The number of carbonyl (C=O) groups excluding carboxylic acids is 6. The molecule has 0 radical (unpaired) electrons. The molecular formula is C18H20O10. The van der Waals surface area contributed by atoms with Crippen molar-refractivity contribution >= 4 is 35.4 Å². The van der Waals surface area contributed by atoms with Crippen molar-refractivity contribution in [2.45, 2.75) is 0 Å². The van der Waals surface area contributed by atoms with Gasteiger partial charge in [-0.3, -0.25) is 28.8 Å². The van der Waals surface area contributed by atoms with Crippen LogP contribution in [0.1, 0.15) is 0 Å². The molecule has 10 nitrogen and oxygen atoms in total. The minimum absolute atomic E-state index is 0.527. The van der Waals surface area contributed by atoms with E-state index in [0.717, 1.165) is 28.4 Å². The Morgan fingerprint density at radius 1 is 0.500 bits per heavy atom. The highest BCUT2D eigenvalue weighted by molar-refractivity contribution is 6.12. The van der Waals surface area contributed by atoms with Gasteiger partial charge in [-0.1, -0.05) is 0 Å². The van der Waals surface area contributed by atoms with Crippen LogP contribution in [0.2, 0.25) is 0 Å². The Balaban J connectivity index is 2.02. The van der Waals surface area contributed by atoms with Gasteiger partial charge in [0.2, 0.25) is 0 Å². The number of hydrogen-bond acceptors (Lipinski definition) is 10. The number of ketones is 2. The highest BCUT2D eigenvalue weighted by Gasteiger charge is 2.76. The Labute approximate surface area is 159 Å². The van der Waals surface area contributed by atoms with Crippen LogP contribution >= 0.6 is 0 Å². The third-order valence-electron chi connectivity index (χ3n) is 6.30. The van der Waals surface area contributed by atoms with E-state index in [-0.39, 0.29) is 0 Å². The number of carbonyl (C=O) groups is 6. The molecule has 0 unspecified atom stereocenters. The van der Waals surface area contributed by atoms with Crippen molar-refractivity contribution in [2.75, 3.05) is 28.4 Å². The largest absolute Gasteiger partial charge is 0.469 e. The van der Waals surface area contributed by atoms with Crippen LogP contribution in [0.5, 0.6) is 0 Å². The molecular weight excluding hydrogens is 376 g/mol. The second-order valence-corrected chi connectivity index (χ2v) is 7.10. The highest BCUT2D eigenvalue weighted by atomic mass is 16.5. The first-order valence-electron chi connectivity index (χ1n) is 8.65. The fourth-order valence-corrected chi connectivity index (χ4v) is 5.07. The van der Waals surface area contributed by atoms with Gasteiger partial charge in [-0.15, -0.1) is 0 Å². The van der Waals surface area contributed by atoms with Gasteiger partial charge in [-0.2, -0.15) is 0 Å². The Bertz CT molecular complexity index is 646. The summed E-state index contributed by atoms with van der Waals surface area (Å²) in [5.41, 5.74) is 0. The van der Waals surface area contributed by atoms with E-state index >= 15 is 0 Å². The summed E-state index contributed by atoms with van der Waals surface area (Å²) >= 11 is 0. The molecule has 0 aromatic rings. The molecule has 0 N–H and O–H groups in total. The lowest BCUT2D eigenvalue weighted by molar-refractivity contribution is -0.208. The van der Waals surface area contributed by atoms with Crippen LogP contribution in [0.25, 0.3) is 0 Å². The van der Waals surface area contributed by atoms with Crippen LogP contribution in [-0.4, -0.2) is 63.9 Å². The molecule has 3 saturated carbocycles. The van der Waals surface area contributed by atoms with E-state index in [1.54, 1.807) is 0 Å². The van der Waals surface area contributed by atoms with Gasteiger partial charge in [0.05, 0.1) is 52.1 Å². The number of Topliss-reactive ketones (excluding diaryl/α,β-unsaturated/α-hetero) is 2. The lowest BCUT2D eigenvalue weighted by atomic mass is 9.39. The van der Waals surface area contributed by atoms with Crippen molar-refractivity contribution in [1.29, 1.82) is 0 Å². The van der Waals surface area contributed by atoms with Gasteiger partial charge in [0.25, 0.3) is 0 Å². The summed E-state index contributed by atoms with van der Waals surface area (Å²) in [7, 11) is 4.43. The minimum Gasteiger partial charge on any atom is -0.469 e. The molecule has 3 aliphatic rings. The van der Waals surface area contributed by atoms with Crippen molar-refractivity contribution in [1.82, 2.24) is 0 Å². The maximum Gasteiger partial charge on any atom is 0.310 e. The standard InChI is InChI=1S/C18H20O10/c1-25-15(21)9-5-6(10(9)16(22)26-2)14(20)8-7(13(5)19)11(17(23)27-3)12(8)18(24)28-4/h5-12H,1-4H3/t5-,6-,7-,8+,9+,10-,11+,12+/m1/s1. The molecule has 3 rings (SSSR count). The zero-order chi connectivity index (χ0) is 20.9. The molecule has 0 aromatic heterocycles. The molecule has 0 aromatic carbocycles. The average Bonchev–Trinajstić information content (AvgIpc) is 2.64. The number of fused-ring (bicyclic) bond motifs is 2. The monoisotopic (exact) mass is 396 g/mol. The number of ether oxygens (including phenoxy) is 4. The van der Waals surface area contributed by atoms with E-state index in [2.05, 4.69) is 18.9 Å². The van der Waals surface area contributed by atoms with E-state index in [1.807, 2.05) is 0 Å². The van der Waals surface area contributed by atoms with Gasteiger partial charge in [-0.05, 0) is 0 Å². The third-order valence-corrected chi connectivity index (χ3v) is 6.30. The normalized spacial score (nSPS) is 38.0. The summed E-state index contributed by atoms with van der Waals surface area (Å²) in [6.45, 7) is 0. The maximum atomic E-state index is 13.1. The summed E-state index contributed by atoms with van der Waals surface area (Å²) < 4.78 is 18.8. The fraction of sp³-hybridized carbons (Fsp3) is 0.667. The van der Waals surface area contributed by atoms with Gasteiger partial charge in [0.1, 0.15) is 11.6 Å². The zero-order valence-electron chi connectivity index (χ0n) is 15.7. The molecule has 28 heavy (non-hydrogen) atoms. The summed E-state index contributed by atoms with van der Waals surface area (Å²) in [6.07, 6.45) is 0. The second-order valence-electron chi connectivity index (χ2n) is 7.10. The topological polar surface area (TPSA) is 139 Å². The molecule has 8 atom stereocenters. The summed E-state index contributed by atoms with van der Waals surface area (Å²) in [5.74, 6) is -13.4. The van der Waals surface area contributed by atoms with Crippen LogP contribution in [-0.2, 0) is 47.7 Å². The first-order valence-corrected chi connectivity index (χ1v) is 8.65. The van der Waals surface area contributed by atoms with Gasteiger partial charge in [0, 0.05) is 23.7 Å². The first-order chi connectivity index (χ1) is 13.3. The van der Waals surface area contributed by atoms with E-state index in [9.17, 15) is 28.8 Å². The van der Waals surface area contributed by atoms with Gasteiger partial charge >= 0.3 is 23.9 Å². The number of methoxy groups -OCH3 is 4. The van der Waals surface area contributed by atoms with E-state index < -0.39 is 82.8 Å². The quantitative estimate of drug-likeness (QED) is 0.420. The Kier molecular flexibility index (Phi) is 4.99. The Morgan fingerprint density at radius 3 is 0.821 bits per heavy atom. The highest BCUT2D eigenvalue weighted by Crippen LogP contribution is 2.62. The van der Waals surface area contributed by atoms with Gasteiger partial charge in [-0.25, -0.2) is 0 Å². The van der Waals surface area contributed by atoms with Crippen LogP contribution in [0, 0.1) is 47.3 Å². The molecule has 10 heteroatoms. The molecule has 0 bridgehead atoms. The second kappa shape index (κ2) is 6.99. The van der Waals surface area contributed by atoms with Gasteiger partial charge < -0.3 is 18.9 Å². The van der Waals surface area contributed by atoms with Crippen molar-refractivity contribution in [3.05, 3.63) is 0 Å². The van der Waals surface area contributed by atoms with Crippen molar-refractivity contribution < 1.29 is 47.7 Å². The average molecular weight is 396 g/mol. The zero-order valence-corrected chi connectivity index (χ0v) is 15.7. The van der Waals surface area contributed by atoms with Crippen molar-refractivity contribution in [3.63, 3.8) is 0 Å². The fourth-order valence-electron chi connectivity index (χ4n) is 5.07. The molecule has 3 fully saturated rings. The van der Waals surface area contributed by atoms with Crippen LogP contribution < -0.4 is 0 Å². The molecule has 0 heterocycles. The molecule has 152 valence electrons. The third kappa shape index (κ3) is 2.39. The van der Waals surface area contributed by atoms with E-state index in [1.165, 1.54) is 0 Å².